The number of hydrogen-bond acceptors (Lipinski definition) is 21. The Hall–Kier alpha value is -13.5. The molecule has 3 saturated carbocycles. The average molecular weight is 1740 g/mol. The maximum Gasteiger partial charge on any atom is 0.278 e. The van der Waals surface area contributed by atoms with Crippen molar-refractivity contribution in [2.45, 2.75) is 166 Å². The lowest BCUT2D eigenvalue weighted by Crippen LogP contribution is -2.41. The summed E-state index contributed by atoms with van der Waals surface area (Å²) in [6, 6.07) is 36.7. The number of halogens is 2. The van der Waals surface area contributed by atoms with Crippen LogP contribution in [0.1, 0.15) is 131 Å². The Balaban J connectivity index is 0.000000114. The van der Waals surface area contributed by atoms with E-state index in [4.69, 9.17) is 29.2 Å². The summed E-state index contributed by atoms with van der Waals surface area (Å²) < 4.78 is 54.0. The third-order valence-electron chi connectivity index (χ3n) is 27.7. The van der Waals surface area contributed by atoms with Gasteiger partial charge in [0.15, 0.2) is 36.8 Å². The molecule has 12 aliphatic rings. The van der Waals surface area contributed by atoms with Crippen LogP contribution in [0.25, 0.3) is 50.2 Å². The molecule has 32 heteroatoms. The average Bonchev–Trinajstić information content (AvgIpc) is 1.60. The van der Waals surface area contributed by atoms with E-state index in [1.807, 2.05) is 105 Å². The number of carbonyl (C=O) groups is 3. The van der Waals surface area contributed by atoms with Crippen LogP contribution in [0.3, 0.4) is 0 Å². The van der Waals surface area contributed by atoms with Gasteiger partial charge in [-0.15, -0.1) is 0 Å². The van der Waals surface area contributed by atoms with E-state index in [2.05, 4.69) is 116 Å². The molecule has 15 heterocycles. The summed E-state index contributed by atoms with van der Waals surface area (Å²) in [5, 5.41) is 11.3. The Bertz CT molecular complexity index is 6880. The quantitative estimate of drug-likeness (QED) is 0.107. The number of benzene rings is 6. The zero-order valence-electron chi connectivity index (χ0n) is 72.2. The van der Waals surface area contributed by atoms with E-state index in [1.165, 1.54) is 59.7 Å². The fraction of sp³-hybridized carbons (Fsp3) is 0.381. The second-order valence-electron chi connectivity index (χ2n) is 36.4. The van der Waals surface area contributed by atoms with E-state index in [0.717, 1.165) is 118 Å². The molecular weight excluding hydrogens is 1640 g/mol. The van der Waals surface area contributed by atoms with E-state index in [1.54, 1.807) is 45.8 Å². The summed E-state index contributed by atoms with van der Waals surface area (Å²) >= 11 is 0. The van der Waals surface area contributed by atoms with Crippen molar-refractivity contribution in [3.05, 3.63) is 229 Å². The first-order chi connectivity index (χ1) is 62.8. The molecule has 660 valence electrons. The fourth-order valence-electron chi connectivity index (χ4n) is 20.6. The standard InChI is InChI=1S/C33H35N7O3.C32H31F2N7O3.C32H33N7O3/c1-21(2)37-18-22-15-23(7-9-26(22)33(20-37)11-12-33)35-32-34-17-25-30(36-32)40-24-8-10-28-27(16-24)38(29(41)19-43-28)13-5-3-4-6-14-39(40)31(25)42;33-27(34)17-38-16-20-13-21(5-7-24(20)32(19-38)9-10-32)36-31-35-15-23-29(37-31)41-22-6-8-26-25(14-22)39(28(42)18-44-26)11-3-1-2-4-12-40(41)30(23)43;1-2-36-18-21-15-22(7-9-25(21)32(20-36)11-12-32)34-31-33-17-24-29(35-31)39-23-8-10-27-26(16-23)37(28(40)19-42-27)13-5-3-4-6-14-38(39)30(24)41/h4,6-10,15-17,21H,3,5,11-14,18-20H2,1-2H3,(H,34,35,36);2,4-8,13-15,27H,1,3,9-12,16-19H2,(H,35,36,37);4,6-10,15-17H,2-3,5,11-14,18-20H2,1H3,(H,33,34,35). The van der Waals surface area contributed by atoms with E-state index in [0.29, 0.717) is 160 Å². The molecule has 3 spiro atoms. The van der Waals surface area contributed by atoms with Crippen LogP contribution >= 0.6 is 0 Å². The Kier molecular flexibility index (Phi) is 20.4. The molecule has 0 atom stereocenters. The van der Waals surface area contributed by atoms with Gasteiger partial charge in [-0.25, -0.2) is 51.8 Å². The molecular formula is C97H99F2N21O9. The Morgan fingerprint density at radius 3 is 1.12 bits per heavy atom. The second-order valence-corrected chi connectivity index (χ2v) is 36.4. The second kappa shape index (κ2) is 32.4. The van der Waals surface area contributed by atoms with Crippen LogP contribution in [-0.2, 0) is 69.9 Å². The summed E-state index contributed by atoms with van der Waals surface area (Å²) in [5.74, 6) is 2.86. The van der Waals surface area contributed by atoms with Gasteiger partial charge in [0, 0.05) is 117 Å². The number of likely N-dealkylation sites (N-methyl/N-ethyl adjacent to an activating group) is 1. The molecule has 0 unspecified atom stereocenters. The first kappa shape index (κ1) is 81.3. The first-order valence-corrected chi connectivity index (χ1v) is 45.1. The zero-order chi connectivity index (χ0) is 87.7. The number of nitrogens with one attached hydrogen (secondary N) is 3. The van der Waals surface area contributed by atoms with Gasteiger partial charge in [-0.1, -0.05) is 61.6 Å². The van der Waals surface area contributed by atoms with Gasteiger partial charge in [0.25, 0.3) is 40.8 Å². The lowest BCUT2D eigenvalue weighted by molar-refractivity contribution is -0.122. The Labute approximate surface area is 740 Å². The molecule has 6 aromatic heterocycles. The van der Waals surface area contributed by atoms with Gasteiger partial charge in [-0.2, -0.15) is 15.0 Å². The van der Waals surface area contributed by atoms with E-state index in [9.17, 15) is 37.5 Å². The van der Waals surface area contributed by atoms with Gasteiger partial charge >= 0.3 is 0 Å². The number of fused-ring (bicyclic) bond motifs is 21. The van der Waals surface area contributed by atoms with Crippen LogP contribution in [0.5, 0.6) is 17.2 Å². The number of hydrogen-bond donors (Lipinski definition) is 3. The predicted octanol–water partition coefficient (Wildman–Crippen LogP) is 13.4. The SMILES string of the molecule is CC(C)N1Cc2cc(Nc3ncc4c(=O)n5n(c4n3)-c3ccc4c(c3)N(CCCC=CC5)C(=O)CO4)ccc2C2(CC2)C1.CCN1Cc2cc(Nc3ncc4c(=O)n5n(c4n3)-c3ccc4c(c3)N(CCCC=CC5)C(=O)CO4)ccc2C2(CC2)C1.O=C1COc2ccc3cc2N1CCCC=CCn1c(=O)c2cnc(Nc4ccc5c(c4)CN(CC(F)F)CC54CC4)nc2n1-3. The first-order valence-electron chi connectivity index (χ1n) is 45.1. The van der Waals surface area contributed by atoms with Crippen molar-refractivity contribution in [3.63, 3.8) is 0 Å². The van der Waals surface area contributed by atoms with Crippen molar-refractivity contribution in [2.75, 3.05) is 103 Å². The van der Waals surface area contributed by atoms with Crippen LogP contribution < -0.4 is 61.5 Å². The van der Waals surface area contributed by atoms with E-state index in [-0.39, 0.29) is 66.2 Å². The van der Waals surface area contributed by atoms with Crippen LogP contribution in [0.15, 0.2) is 179 Å². The molecule has 3 amide bonds. The predicted molar refractivity (Wildman–Crippen MR) is 488 cm³/mol. The smallest absolute Gasteiger partial charge is 0.278 e. The topological polar surface area (TPSA) is 293 Å². The minimum absolute atomic E-state index is 0.00444. The number of anilines is 9. The summed E-state index contributed by atoms with van der Waals surface area (Å²) in [4.78, 5) is 120. The summed E-state index contributed by atoms with van der Waals surface area (Å²) in [5.41, 5.74) is 16.2. The van der Waals surface area contributed by atoms with Crippen LogP contribution in [0, 0.1) is 0 Å². The summed E-state index contributed by atoms with van der Waals surface area (Å²) in [7, 11) is 0. The van der Waals surface area contributed by atoms with Crippen LogP contribution in [0.2, 0.25) is 0 Å². The Morgan fingerprint density at radius 2 is 0.767 bits per heavy atom. The zero-order valence-corrected chi connectivity index (χ0v) is 72.2. The molecule has 6 aromatic carbocycles. The van der Waals surface area contributed by atoms with Crippen molar-refractivity contribution < 1.29 is 37.4 Å². The van der Waals surface area contributed by atoms with Crippen molar-refractivity contribution in [1.29, 1.82) is 0 Å². The van der Waals surface area contributed by atoms with Crippen molar-refractivity contribution in [3.8, 4) is 34.3 Å². The third-order valence-corrected chi connectivity index (χ3v) is 27.7. The molecule has 3 N–H and O–H groups in total. The molecule has 0 saturated heterocycles. The van der Waals surface area contributed by atoms with Gasteiger partial charge in [0.05, 0.1) is 60.3 Å². The molecule has 30 nitrogen and oxygen atoms in total. The highest BCUT2D eigenvalue weighted by Crippen LogP contribution is 2.56. The highest BCUT2D eigenvalue weighted by Gasteiger charge is 2.52. The lowest BCUT2D eigenvalue weighted by atomic mass is 9.86. The highest BCUT2D eigenvalue weighted by atomic mass is 19.3. The molecule has 12 aromatic rings. The van der Waals surface area contributed by atoms with E-state index >= 15 is 0 Å². The fourth-order valence-corrected chi connectivity index (χ4v) is 20.6. The van der Waals surface area contributed by atoms with Gasteiger partial charge in [-0.05, 0) is 222 Å². The maximum absolute atomic E-state index is 13.6. The number of allylic oxidation sites excluding steroid dienone is 6. The van der Waals surface area contributed by atoms with Crippen molar-refractivity contribution in [2.24, 2.45) is 0 Å². The van der Waals surface area contributed by atoms with Gasteiger partial charge < -0.3 is 44.9 Å². The molecule has 24 rings (SSSR count). The van der Waals surface area contributed by atoms with E-state index < -0.39 is 6.43 Å². The molecule has 3 aliphatic carbocycles. The monoisotopic (exact) mass is 1740 g/mol. The summed E-state index contributed by atoms with van der Waals surface area (Å²) in [6.45, 7) is 15.8. The normalized spacial score (nSPS) is 19.0. The molecule has 9 aliphatic heterocycles. The van der Waals surface area contributed by atoms with Crippen molar-refractivity contribution >= 4 is 103 Å². The summed E-state index contributed by atoms with van der Waals surface area (Å²) in [6.07, 6.45) is 26.3. The number of aromatic nitrogens is 12. The van der Waals surface area contributed by atoms with Gasteiger partial charge in [0.2, 0.25) is 17.8 Å². The highest BCUT2D eigenvalue weighted by molar-refractivity contribution is 6.00. The number of nitrogens with zero attached hydrogens (tertiary/aromatic N) is 18. The molecule has 6 bridgehead atoms. The number of carbonyl (C=O) groups excluding carboxylic acids is 3. The molecule has 0 radical (unpaired) electrons. The number of alkyl halides is 2. The third kappa shape index (κ3) is 14.9. The maximum atomic E-state index is 13.6. The molecule has 3 fully saturated rings. The van der Waals surface area contributed by atoms with Crippen LogP contribution in [0.4, 0.5) is 60.8 Å². The largest absolute Gasteiger partial charge is 0.482 e. The Morgan fingerprint density at radius 1 is 0.419 bits per heavy atom. The van der Waals surface area contributed by atoms with Gasteiger partial charge in [0.1, 0.15) is 33.4 Å². The molecule has 129 heavy (non-hydrogen) atoms. The minimum Gasteiger partial charge on any atom is -0.482 e. The van der Waals surface area contributed by atoms with Crippen molar-refractivity contribution in [1.82, 2.24) is 72.7 Å². The minimum atomic E-state index is -2.37. The number of ether oxygens (including phenoxy) is 3. The number of rotatable bonds is 10. The lowest BCUT2D eigenvalue weighted by Gasteiger charge is -2.37. The van der Waals surface area contributed by atoms with Crippen LogP contribution in [-0.4, -0.2) is 175 Å². The van der Waals surface area contributed by atoms with Gasteiger partial charge in [-0.3, -0.25) is 43.5 Å². The number of amides is 3.